The summed E-state index contributed by atoms with van der Waals surface area (Å²) in [6, 6.07) is 0. The van der Waals surface area contributed by atoms with Gasteiger partial charge in [0.15, 0.2) is 8.32 Å². The van der Waals surface area contributed by atoms with Crippen LogP contribution in [0.4, 0.5) is 0 Å². The zero-order valence-corrected chi connectivity index (χ0v) is 15.1. The van der Waals surface area contributed by atoms with Crippen molar-refractivity contribution in [1.82, 2.24) is 0 Å². The summed E-state index contributed by atoms with van der Waals surface area (Å²) in [5.74, 6) is 0. The Labute approximate surface area is 124 Å². The van der Waals surface area contributed by atoms with E-state index in [9.17, 15) is 0 Å². The van der Waals surface area contributed by atoms with E-state index >= 15 is 0 Å². The van der Waals surface area contributed by atoms with E-state index < -0.39 is 8.32 Å². The molecule has 0 radical (unpaired) electrons. The molecule has 0 amide bonds. The molecule has 1 heterocycles. The van der Waals surface area contributed by atoms with Crippen LogP contribution in [-0.2, 0) is 9.26 Å². The maximum absolute atomic E-state index is 6.45. The van der Waals surface area contributed by atoms with Gasteiger partial charge in [-0.1, -0.05) is 31.5 Å². The van der Waals surface area contributed by atoms with Crippen molar-refractivity contribution in [1.29, 1.82) is 0 Å². The molecule has 0 aromatic rings. The second kappa shape index (κ2) is 4.99. The van der Waals surface area contributed by atoms with E-state index in [1.54, 1.807) is 0 Å². The Kier molecular flexibility index (Phi) is 3.93. The Morgan fingerprint density at radius 1 is 1.30 bits per heavy atom. The molecule has 0 saturated carbocycles. The normalized spacial score (nSPS) is 27.2. The summed E-state index contributed by atoms with van der Waals surface area (Å²) in [7, 11) is -1.71. The number of rotatable bonds is 3. The lowest BCUT2D eigenvalue weighted by molar-refractivity contribution is 0.132. The highest BCUT2D eigenvalue weighted by atomic mass is 28.4. The van der Waals surface area contributed by atoms with E-state index in [0.29, 0.717) is 6.61 Å². The monoisotopic (exact) mass is 295 g/mol. The number of hydrogen-bond donors (Lipinski definition) is 0. The van der Waals surface area contributed by atoms with Crippen molar-refractivity contribution >= 4 is 14.0 Å². The van der Waals surface area contributed by atoms with Crippen LogP contribution in [-0.4, -0.2) is 27.2 Å². The molecule has 1 atom stereocenters. The van der Waals surface area contributed by atoms with Gasteiger partial charge in [-0.05, 0) is 50.4 Å². The van der Waals surface area contributed by atoms with Gasteiger partial charge < -0.3 is 9.26 Å². The molecule has 114 valence electrons. The lowest BCUT2D eigenvalue weighted by atomic mass is 9.71. The molecule has 20 heavy (non-hydrogen) atoms. The molecule has 0 aromatic heterocycles. The number of nitrogens with zero attached hydrogens (tertiary/aromatic N) is 1. The highest BCUT2D eigenvalue weighted by molar-refractivity contribution is 6.74. The quantitative estimate of drug-likeness (QED) is 0.566. The van der Waals surface area contributed by atoms with Gasteiger partial charge in [0, 0.05) is 0 Å². The van der Waals surface area contributed by atoms with E-state index in [4.69, 9.17) is 9.26 Å². The molecule has 4 heteroatoms. The molecule has 0 spiro atoms. The lowest BCUT2D eigenvalue weighted by Gasteiger charge is -2.39. The first-order valence-electron chi connectivity index (χ1n) is 7.60. The topological polar surface area (TPSA) is 30.8 Å². The molecule has 2 rings (SSSR count). The molecule has 0 unspecified atom stereocenters. The van der Waals surface area contributed by atoms with Crippen molar-refractivity contribution in [3.63, 3.8) is 0 Å². The second-order valence-corrected chi connectivity index (χ2v) is 12.8. The maximum atomic E-state index is 6.45. The van der Waals surface area contributed by atoms with Gasteiger partial charge in [0.2, 0.25) is 0 Å². The van der Waals surface area contributed by atoms with Crippen LogP contribution in [0.1, 0.15) is 47.5 Å². The summed E-state index contributed by atoms with van der Waals surface area (Å²) < 4.78 is 6.45. The van der Waals surface area contributed by atoms with Crippen molar-refractivity contribution < 1.29 is 9.26 Å². The Morgan fingerprint density at radius 3 is 2.55 bits per heavy atom. The van der Waals surface area contributed by atoms with Crippen LogP contribution >= 0.6 is 0 Å². The molecule has 0 bridgehead atoms. The van der Waals surface area contributed by atoms with Gasteiger partial charge in [-0.25, -0.2) is 0 Å². The molecule has 0 N–H and O–H groups in total. The van der Waals surface area contributed by atoms with Crippen molar-refractivity contribution in [2.24, 2.45) is 10.6 Å². The number of hydrogen-bond acceptors (Lipinski definition) is 3. The smallest absolute Gasteiger partial charge is 0.192 e. The zero-order valence-electron chi connectivity index (χ0n) is 14.1. The first kappa shape index (κ1) is 15.8. The standard InChI is InChI=1S/C16H29NO2Si/c1-12-8-9-14-16(5,11-18-17-14)13(12)10-19-20(6,7)15(2,3)4/h8-11H2,1-7H3/t16-/m0/s1. The first-order chi connectivity index (χ1) is 9.08. The first-order valence-corrected chi connectivity index (χ1v) is 10.5. The van der Waals surface area contributed by atoms with Crippen LogP contribution in [0.25, 0.3) is 0 Å². The van der Waals surface area contributed by atoms with Crippen molar-refractivity contribution in [3.05, 3.63) is 11.1 Å². The Balaban J connectivity index is 2.18. The highest BCUT2D eigenvalue weighted by Crippen LogP contribution is 2.44. The predicted molar refractivity (Wildman–Crippen MR) is 86.6 cm³/mol. The van der Waals surface area contributed by atoms with Gasteiger partial charge in [0.05, 0.1) is 17.7 Å². The average Bonchev–Trinajstić information content (AvgIpc) is 2.67. The third-order valence-electron chi connectivity index (χ3n) is 5.47. The summed E-state index contributed by atoms with van der Waals surface area (Å²) in [6.45, 7) is 17.4. The Bertz CT molecular complexity index is 460. The van der Waals surface area contributed by atoms with Crippen LogP contribution in [0.3, 0.4) is 0 Å². The molecule has 0 saturated heterocycles. The van der Waals surface area contributed by atoms with Crippen LogP contribution in [0.5, 0.6) is 0 Å². The summed E-state index contributed by atoms with van der Waals surface area (Å²) >= 11 is 0. The minimum absolute atomic E-state index is 0.0231. The molecule has 0 fully saturated rings. The van der Waals surface area contributed by atoms with E-state index in [0.717, 1.165) is 19.4 Å². The minimum atomic E-state index is -1.71. The van der Waals surface area contributed by atoms with Gasteiger partial charge >= 0.3 is 0 Å². The van der Waals surface area contributed by atoms with Crippen LogP contribution in [0, 0.1) is 5.41 Å². The molecule has 2 aliphatic rings. The molecule has 0 aromatic carbocycles. The number of fused-ring (bicyclic) bond motifs is 1. The number of allylic oxidation sites excluding steroid dienone is 1. The van der Waals surface area contributed by atoms with E-state index in [2.05, 4.69) is 52.9 Å². The third kappa shape index (κ3) is 2.60. The van der Waals surface area contributed by atoms with Gasteiger partial charge in [-0.3, -0.25) is 0 Å². The third-order valence-corrected chi connectivity index (χ3v) is 9.94. The Hall–Kier alpha value is -0.613. The number of oxime groups is 1. The summed E-state index contributed by atoms with van der Waals surface area (Å²) in [4.78, 5) is 5.38. The zero-order chi connectivity index (χ0) is 15.2. The van der Waals surface area contributed by atoms with Gasteiger partial charge in [-0.15, -0.1) is 0 Å². The fraction of sp³-hybridized carbons (Fsp3) is 0.812. The van der Waals surface area contributed by atoms with E-state index in [-0.39, 0.29) is 10.5 Å². The summed E-state index contributed by atoms with van der Waals surface area (Å²) in [5.41, 5.74) is 4.06. The fourth-order valence-electron chi connectivity index (χ4n) is 2.69. The molecule has 3 nitrogen and oxygen atoms in total. The van der Waals surface area contributed by atoms with Crippen LogP contribution in [0.2, 0.25) is 18.1 Å². The second-order valence-electron chi connectivity index (χ2n) is 7.95. The summed E-state index contributed by atoms with van der Waals surface area (Å²) in [6.07, 6.45) is 2.12. The molecule has 1 aliphatic carbocycles. The largest absolute Gasteiger partial charge is 0.413 e. The fourth-order valence-corrected chi connectivity index (χ4v) is 3.62. The minimum Gasteiger partial charge on any atom is -0.413 e. The van der Waals surface area contributed by atoms with Crippen molar-refractivity contribution in [2.75, 3.05) is 13.2 Å². The van der Waals surface area contributed by atoms with Crippen LogP contribution < -0.4 is 0 Å². The molecular formula is C16H29NO2Si. The van der Waals surface area contributed by atoms with E-state index in [1.807, 2.05) is 0 Å². The summed E-state index contributed by atoms with van der Waals surface area (Å²) in [5, 5.41) is 4.50. The van der Waals surface area contributed by atoms with Gasteiger partial charge in [0.1, 0.15) is 6.61 Å². The van der Waals surface area contributed by atoms with Gasteiger partial charge in [0.25, 0.3) is 0 Å². The molecule has 1 aliphatic heterocycles. The highest BCUT2D eigenvalue weighted by Gasteiger charge is 2.45. The SMILES string of the molecule is CC1=C(CO[Si](C)(C)C(C)(C)C)[C@]2(C)CON=C2CC1. The average molecular weight is 295 g/mol. The molecular weight excluding hydrogens is 266 g/mol. The lowest BCUT2D eigenvalue weighted by Crippen LogP contribution is -2.43. The maximum Gasteiger partial charge on any atom is 0.192 e. The van der Waals surface area contributed by atoms with E-state index in [1.165, 1.54) is 16.9 Å². The van der Waals surface area contributed by atoms with Crippen molar-refractivity contribution in [3.8, 4) is 0 Å². The van der Waals surface area contributed by atoms with Crippen LogP contribution in [0.15, 0.2) is 16.3 Å². The van der Waals surface area contributed by atoms with Crippen molar-refractivity contribution in [2.45, 2.75) is 65.6 Å². The Morgan fingerprint density at radius 2 is 1.95 bits per heavy atom. The van der Waals surface area contributed by atoms with Gasteiger partial charge in [-0.2, -0.15) is 0 Å². The predicted octanol–water partition coefficient (Wildman–Crippen LogP) is 4.51.